The molecule has 5 nitrogen and oxygen atoms in total. The highest BCUT2D eigenvalue weighted by Gasteiger charge is 2.16. The first-order valence-corrected chi connectivity index (χ1v) is 7.75. The van der Waals surface area contributed by atoms with Crippen molar-refractivity contribution in [3.63, 3.8) is 0 Å². The monoisotopic (exact) mass is 291 g/mol. The Bertz CT molecular complexity index is 526. The van der Waals surface area contributed by atoms with Crippen molar-refractivity contribution in [2.45, 2.75) is 33.2 Å². The van der Waals surface area contributed by atoms with Gasteiger partial charge >= 0.3 is 0 Å². The summed E-state index contributed by atoms with van der Waals surface area (Å²) in [5.74, 6) is 7.27. The van der Waals surface area contributed by atoms with Gasteiger partial charge in [0.05, 0.1) is 6.54 Å². The van der Waals surface area contributed by atoms with E-state index in [-0.39, 0.29) is 0 Å². The third kappa shape index (κ3) is 3.26. The second kappa shape index (κ2) is 7.21. The van der Waals surface area contributed by atoms with Crippen LogP contribution in [0.1, 0.15) is 30.7 Å². The van der Waals surface area contributed by atoms with Crippen LogP contribution in [0.4, 0.5) is 11.6 Å². The molecule has 20 heavy (non-hydrogen) atoms. The molecule has 2 aromatic rings. The van der Waals surface area contributed by atoms with Crippen LogP contribution in [0.25, 0.3) is 0 Å². The Kier molecular flexibility index (Phi) is 5.31. The van der Waals surface area contributed by atoms with Gasteiger partial charge in [0.2, 0.25) is 0 Å². The van der Waals surface area contributed by atoms with Gasteiger partial charge in [0.1, 0.15) is 18.0 Å². The molecule has 0 spiro atoms. The molecule has 0 atom stereocenters. The van der Waals surface area contributed by atoms with Crippen LogP contribution in [-0.2, 0) is 13.0 Å². The number of nitrogens with one attached hydrogen (secondary N) is 1. The third-order valence-corrected chi connectivity index (χ3v) is 4.03. The number of rotatable bonds is 7. The molecule has 3 N–H and O–H groups in total. The Morgan fingerprint density at radius 2 is 2.20 bits per heavy atom. The van der Waals surface area contributed by atoms with E-state index in [4.69, 9.17) is 5.84 Å². The molecule has 0 aromatic carbocycles. The number of hydrazine groups is 1. The normalized spacial score (nSPS) is 10.6. The average molecular weight is 291 g/mol. The van der Waals surface area contributed by atoms with Crippen molar-refractivity contribution in [3.8, 4) is 0 Å². The molecule has 0 unspecified atom stereocenters. The minimum atomic E-state index is 0.724. The molecule has 0 aliphatic rings. The van der Waals surface area contributed by atoms with Gasteiger partial charge in [-0.05, 0) is 24.8 Å². The highest BCUT2D eigenvalue weighted by atomic mass is 32.1. The fraction of sp³-hybridized carbons (Fsp3) is 0.429. The lowest BCUT2D eigenvalue weighted by Crippen LogP contribution is -2.25. The molecule has 6 heteroatoms. The summed E-state index contributed by atoms with van der Waals surface area (Å²) < 4.78 is 0. The van der Waals surface area contributed by atoms with E-state index in [1.54, 1.807) is 17.7 Å². The van der Waals surface area contributed by atoms with Gasteiger partial charge in [-0.1, -0.05) is 19.4 Å². The average Bonchev–Trinajstić information content (AvgIpc) is 2.98. The SMILES string of the molecule is CCCc1c(NN)ncnc1N(CC)Cc1cccs1. The molecule has 2 aromatic heterocycles. The summed E-state index contributed by atoms with van der Waals surface area (Å²) in [7, 11) is 0. The van der Waals surface area contributed by atoms with Crippen molar-refractivity contribution in [1.82, 2.24) is 9.97 Å². The van der Waals surface area contributed by atoms with E-state index in [9.17, 15) is 0 Å². The molecule has 2 rings (SSSR count). The van der Waals surface area contributed by atoms with E-state index < -0.39 is 0 Å². The van der Waals surface area contributed by atoms with Crippen molar-refractivity contribution in [2.24, 2.45) is 5.84 Å². The van der Waals surface area contributed by atoms with Gasteiger partial charge in [-0.25, -0.2) is 15.8 Å². The van der Waals surface area contributed by atoms with Crippen LogP contribution < -0.4 is 16.2 Å². The van der Waals surface area contributed by atoms with Crippen LogP contribution in [0.5, 0.6) is 0 Å². The predicted octanol–water partition coefficient (Wildman–Crippen LogP) is 2.80. The Morgan fingerprint density at radius 3 is 2.80 bits per heavy atom. The molecule has 2 heterocycles. The van der Waals surface area contributed by atoms with Crippen molar-refractivity contribution >= 4 is 23.0 Å². The molecule has 0 aliphatic heterocycles. The molecule has 0 radical (unpaired) electrons. The first-order chi connectivity index (χ1) is 9.80. The zero-order valence-corrected chi connectivity index (χ0v) is 12.8. The topological polar surface area (TPSA) is 67.1 Å². The van der Waals surface area contributed by atoms with Crippen LogP contribution in [0, 0.1) is 0 Å². The van der Waals surface area contributed by atoms with Gasteiger partial charge in [-0.15, -0.1) is 11.3 Å². The first-order valence-electron chi connectivity index (χ1n) is 6.87. The van der Waals surface area contributed by atoms with Crippen LogP contribution in [-0.4, -0.2) is 16.5 Å². The number of anilines is 2. The van der Waals surface area contributed by atoms with Crippen LogP contribution in [0.2, 0.25) is 0 Å². The molecule has 0 bridgehead atoms. The molecule has 0 fully saturated rings. The number of nitrogens with two attached hydrogens (primary N) is 1. The lowest BCUT2D eigenvalue weighted by molar-refractivity contribution is 0.795. The number of hydrogen-bond acceptors (Lipinski definition) is 6. The Hall–Kier alpha value is -1.66. The van der Waals surface area contributed by atoms with E-state index in [0.29, 0.717) is 0 Å². The summed E-state index contributed by atoms with van der Waals surface area (Å²) in [4.78, 5) is 12.3. The van der Waals surface area contributed by atoms with Crippen molar-refractivity contribution in [1.29, 1.82) is 0 Å². The summed E-state index contributed by atoms with van der Waals surface area (Å²) in [6.45, 7) is 6.05. The Labute approximate surface area is 123 Å². The summed E-state index contributed by atoms with van der Waals surface area (Å²) in [5, 5.41) is 2.10. The molecule has 0 saturated heterocycles. The smallest absolute Gasteiger partial charge is 0.148 e. The quantitative estimate of drug-likeness (QED) is 0.606. The summed E-state index contributed by atoms with van der Waals surface area (Å²) in [5.41, 5.74) is 3.78. The van der Waals surface area contributed by atoms with Gasteiger partial charge in [0, 0.05) is 17.0 Å². The summed E-state index contributed by atoms with van der Waals surface area (Å²) in [6.07, 6.45) is 3.52. The van der Waals surface area contributed by atoms with Crippen LogP contribution >= 0.6 is 11.3 Å². The van der Waals surface area contributed by atoms with Crippen LogP contribution in [0.15, 0.2) is 23.8 Å². The minimum absolute atomic E-state index is 0.724. The van der Waals surface area contributed by atoms with E-state index in [2.05, 4.69) is 51.7 Å². The minimum Gasteiger partial charge on any atom is -0.351 e. The standard InChI is InChI=1S/C14H21N5S/c1-3-6-12-13(18-15)16-10-17-14(12)19(4-2)9-11-7-5-8-20-11/h5,7-8,10H,3-4,6,9,15H2,1-2H3,(H,16,17,18). The largest absolute Gasteiger partial charge is 0.351 e. The summed E-state index contributed by atoms with van der Waals surface area (Å²) in [6, 6.07) is 4.23. The maximum atomic E-state index is 5.57. The molecule has 108 valence electrons. The van der Waals surface area contributed by atoms with Crippen molar-refractivity contribution in [2.75, 3.05) is 16.9 Å². The second-order valence-electron chi connectivity index (χ2n) is 4.51. The lowest BCUT2D eigenvalue weighted by atomic mass is 10.1. The number of hydrogen-bond donors (Lipinski definition) is 2. The van der Waals surface area contributed by atoms with Gasteiger partial charge < -0.3 is 10.3 Å². The van der Waals surface area contributed by atoms with Gasteiger partial charge in [0.25, 0.3) is 0 Å². The Morgan fingerprint density at radius 1 is 1.35 bits per heavy atom. The van der Waals surface area contributed by atoms with E-state index in [1.807, 2.05) is 0 Å². The maximum absolute atomic E-state index is 5.57. The Balaban J connectivity index is 2.32. The zero-order valence-electron chi connectivity index (χ0n) is 12.0. The number of nitrogen functional groups attached to an aromatic ring is 1. The second-order valence-corrected chi connectivity index (χ2v) is 5.54. The highest BCUT2D eigenvalue weighted by Crippen LogP contribution is 2.26. The van der Waals surface area contributed by atoms with E-state index in [1.165, 1.54) is 4.88 Å². The zero-order chi connectivity index (χ0) is 14.4. The van der Waals surface area contributed by atoms with Gasteiger partial charge in [-0.2, -0.15) is 0 Å². The maximum Gasteiger partial charge on any atom is 0.148 e. The van der Waals surface area contributed by atoms with E-state index >= 15 is 0 Å². The van der Waals surface area contributed by atoms with Gasteiger partial charge in [-0.3, -0.25) is 0 Å². The summed E-state index contributed by atoms with van der Waals surface area (Å²) >= 11 is 1.77. The molecule has 0 saturated carbocycles. The highest BCUT2D eigenvalue weighted by molar-refractivity contribution is 7.09. The molecule has 0 amide bonds. The molecular formula is C14H21N5S. The fourth-order valence-electron chi connectivity index (χ4n) is 2.21. The number of thiophene rings is 1. The molecular weight excluding hydrogens is 270 g/mol. The van der Waals surface area contributed by atoms with E-state index in [0.717, 1.165) is 43.1 Å². The van der Waals surface area contributed by atoms with Gasteiger partial charge in [0.15, 0.2) is 0 Å². The van der Waals surface area contributed by atoms with Crippen molar-refractivity contribution in [3.05, 3.63) is 34.3 Å². The number of nitrogens with zero attached hydrogens (tertiary/aromatic N) is 3. The van der Waals surface area contributed by atoms with Crippen LogP contribution in [0.3, 0.4) is 0 Å². The molecule has 0 aliphatic carbocycles. The fourth-order valence-corrected chi connectivity index (χ4v) is 2.93. The first kappa shape index (κ1) is 14.7. The predicted molar refractivity (Wildman–Crippen MR) is 84.9 cm³/mol. The number of aromatic nitrogens is 2. The van der Waals surface area contributed by atoms with Crippen molar-refractivity contribution < 1.29 is 0 Å². The lowest BCUT2D eigenvalue weighted by Gasteiger charge is -2.24. The third-order valence-electron chi connectivity index (χ3n) is 3.17.